The zero-order chi connectivity index (χ0) is 15.7. The van der Waals surface area contributed by atoms with Crippen LogP contribution < -0.4 is 5.56 Å². The highest BCUT2D eigenvalue weighted by molar-refractivity contribution is 5.22. The number of fused-ring (bicyclic) bond motifs is 1. The summed E-state index contributed by atoms with van der Waals surface area (Å²) in [6.07, 6.45) is 2.15. The molecular formula is C16H19FN4O. The molecule has 22 heavy (non-hydrogen) atoms. The molecule has 0 bridgehead atoms. The highest BCUT2D eigenvalue weighted by Gasteiger charge is 2.22. The Balaban J connectivity index is 1.82. The number of nitrogens with zero attached hydrogens (tertiary/aromatic N) is 3. The molecule has 6 heteroatoms. The molecule has 0 unspecified atom stereocenters. The van der Waals surface area contributed by atoms with E-state index in [-0.39, 0.29) is 11.5 Å². The lowest BCUT2D eigenvalue weighted by molar-refractivity contribution is 0.237. The van der Waals surface area contributed by atoms with Crippen molar-refractivity contribution in [1.29, 1.82) is 0 Å². The molecule has 1 aliphatic heterocycles. The zero-order valence-electron chi connectivity index (χ0n) is 12.8. The normalized spacial score (nSPS) is 15.1. The van der Waals surface area contributed by atoms with Crippen LogP contribution in [0.3, 0.4) is 0 Å². The maximum atomic E-state index is 13.6. The Labute approximate surface area is 128 Å². The summed E-state index contributed by atoms with van der Waals surface area (Å²) in [4.78, 5) is 25.4. The van der Waals surface area contributed by atoms with Crippen molar-refractivity contribution in [2.24, 2.45) is 0 Å². The van der Waals surface area contributed by atoms with E-state index in [1.54, 1.807) is 12.1 Å². The van der Waals surface area contributed by atoms with Gasteiger partial charge in [0.2, 0.25) is 5.95 Å². The fraction of sp³-hybridized carbons (Fsp3) is 0.438. The summed E-state index contributed by atoms with van der Waals surface area (Å²) in [5.74, 6) is 0.478. The van der Waals surface area contributed by atoms with E-state index < -0.39 is 5.95 Å². The van der Waals surface area contributed by atoms with Crippen LogP contribution in [0.5, 0.6) is 0 Å². The van der Waals surface area contributed by atoms with Gasteiger partial charge in [-0.05, 0) is 6.07 Å². The third kappa shape index (κ3) is 2.92. The second-order valence-corrected chi connectivity index (χ2v) is 5.95. The average Bonchev–Trinajstić information content (AvgIpc) is 2.50. The maximum Gasteiger partial charge on any atom is 0.255 e. The molecule has 1 N–H and O–H groups in total. The van der Waals surface area contributed by atoms with Crippen molar-refractivity contribution in [3.05, 3.63) is 57.3 Å². The van der Waals surface area contributed by atoms with Crippen LogP contribution in [0.2, 0.25) is 0 Å². The van der Waals surface area contributed by atoms with Crippen LogP contribution in [-0.4, -0.2) is 26.4 Å². The van der Waals surface area contributed by atoms with Gasteiger partial charge in [-0.25, -0.2) is 9.97 Å². The number of nitrogens with one attached hydrogen (secondary N) is 1. The van der Waals surface area contributed by atoms with Gasteiger partial charge in [0.15, 0.2) is 0 Å². The fourth-order valence-electron chi connectivity index (χ4n) is 2.69. The Bertz CT molecular complexity index is 741. The van der Waals surface area contributed by atoms with Crippen molar-refractivity contribution in [2.75, 3.05) is 6.54 Å². The first-order valence-electron chi connectivity index (χ1n) is 7.48. The van der Waals surface area contributed by atoms with Crippen molar-refractivity contribution in [3.8, 4) is 0 Å². The van der Waals surface area contributed by atoms with Gasteiger partial charge >= 0.3 is 0 Å². The number of hydrogen-bond acceptors (Lipinski definition) is 4. The van der Waals surface area contributed by atoms with E-state index in [9.17, 15) is 9.18 Å². The standard InChI is InChI=1S/C16H19FN4O/c1-10(2)15-19-13-5-7-21(9-12(13)16(22)20-15)8-11-4-3-6-18-14(11)17/h3-4,6,10H,5,7-9H2,1-2H3,(H,19,20,22). The van der Waals surface area contributed by atoms with Crippen molar-refractivity contribution in [3.63, 3.8) is 0 Å². The van der Waals surface area contributed by atoms with Crippen molar-refractivity contribution in [1.82, 2.24) is 19.9 Å². The van der Waals surface area contributed by atoms with Crippen LogP contribution in [0.4, 0.5) is 4.39 Å². The van der Waals surface area contributed by atoms with Gasteiger partial charge in [0.1, 0.15) is 5.82 Å². The largest absolute Gasteiger partial charge is 0.310 e. The molecule has 0 aromatic carbocycles. The number of hydrogen-bond donors (Lipinski definition) is 1. The molecule has 1 aliphatic rings. The molecule has 0 spiro atoms. The monoisotopic (exact) mass is 302 g/mol. The van der Waals surface area contributed by atoms with Gasteiger partial charge in [-0.2, -0.15) is 4.39 Å². The van der Waals surface area contributed by atoms with Gasteiger partial charge < -0.3 is 4.98 Å². The summed E-state index contributed by atoms with van der Waals surface area (Å²) in [6, 6.07) is 3.45. The first-order chi connectivity index (χ1) is 10.5. The lowest BCUT2D eigenvalue weighted by atomic mass is 10.1. The van der Waals surface area contributed by atoms with Gasteiger partial charge in [0.25, 0.3) is 5.56 Å². The molecular weight excluding hydrogens is 283 g/mol. The number of H-pyrrole nitrogens is 1. The van der Waals surface area contributed by atoms with E-state index in [4.69, 9.17) is 0 Å². The molecule has 2 aromatic heterocycles. The smallest absolute Gasteiger partial charge is 0.255 e. The molecule has 0 saturated heterocycles. The Kier molecular flexibility index (Phi) is 4.02. The van der Waals surface area contributed by atoms with Crippen molar-refractivity contribution >= 4 is 0 Å². The van der Waals surface area contributed by atoms with Crippen LogP contribution >= 0.6 is 0 Å². The lowest BCUT2D eigenvalue weighted by Gasteiger charge is -2.27. The second kappa shape index (κ2) is 5.96. The van der Waals surface area contributed by atoms with Gasteiger partial charge in [0, 0.05) is 43.7 Å². The van der Waals surface area contributed by atoms with Crippen molar-refractivity contribution < 1.29 is 4.39 Å². The van der Waals surface area contributed by atoms with Gasteiger partial charge in [0.05, 0.1) is 11.3 Å². The number of halogens is 1. The molecule has 0 radical (unpaired) electrons. The van der Waals surface area contributed by atoms with Gasteiger partial charge in [-0.15, -0.1) is 0 Å². The Morgan fingerprint density at radius 1 is 1.45 bits per heavy atom. The molecule has 116 valence electrons. The summed E-state index contributed by atoms with van der Waals surface area (Å²) in [6.45, 7) is 5.71. The number of rotatable bonds is 3. The van der Waals surface area contributed by atoms with Crippen LogP contribution in [-0.2, 0) is 19.5 Å². The topological polar surface area (TPSA) is 61.9 Å². The minimum absolute atomic E-state index is 0.0786. The fourth-order valence-corrected chi connectivity index (χ4v) is 2.69. The van der Waals surface area contributed by atoms with E-state index in [1.165, 1.54) is 6.20 Å². The molecule has 0 atom stereocenters. The molecule has 0 saturated carbocycles. The van der Waals surface area contributed by atoms with Gasteiger partial charge in [-0.3, -0.25) is 9.69 Å². The van der Waals surface area contributed by atoms with Crippen LogP contribution in [0.25, 0.3) is 0 Å². The third-order valence-corrected chi connectivity index (χ3v) is 3.94. The highest BCUT2D eigenvalue weighted by Crippen LogP contribution is 2.18. The summed E-state index contributed by atoms with van der Waals surface area (Å²) in [5.41, 5.74) is 2.04. The third-order valence-electron chi connectivity index (χ3n) is 3.94. The highest BCUT2D eigenvalue weighted by atomic mass is 19.1. The van der Waals surface area contributed by atoms with Crippen molar-refractivity contribution in [2.45, 2.75) is 39.3 Å². The first kappa shape index (κ1) is 14.8. The molecule has 0 aliphatic carbocycles. The number of aromatic amines is 1. The molecule has 3 rings (SSSR count). The van der Waals surface area contributed by atoms with E-state index in [1.807, 2.05) is 18.7 Å². The van der Waals surface area contributed by atoms with Gasteiger partial charge in [-0.1, -0.05) is 19.9 Å². The Morgan fingerprint density at radius 3 is 3.00 bits per heavy atom. The quantitative estimate of drug-likeness (QED) is 0.881. The van der Waals surface area contributed by atoms with Crippen LogP contribution in [0.1, 0.15) is 42.4 Å². The number of aromatic nitrogens is 3. The van der Waals surface area contributed by atoms with E-state index in [0.717, 1.165) is 18.1 Å². The zero-order valence-corrected chi connectivity index (χ0v) is 12.8. The Morgan fingerprint density at radius 2 is 2.27 bits per heavy atom. The predicted molar refractivity (Wildman–Crippen MR) is 81.0 cm³/mol. The minimum atomic E-state index is -0.449. The number of pyridine rings is 1. The summed E-state index contributed by atoms with van der Waals surface area (Å²) in [7, 11) is 0. The molecule has 2 aromatic rings. The van der Waals surface area contributed by atoms with Crippen LogP contribution in [0.15, 0.2) is 23.1 Å². The molecule has 0 fully saturated rings. The summed E-state index contributed by atoms with van der Waals surface area (Å²) < 4.78 is 13.6. The molecule has 3 heterocycles. The van der Waals surface area contributed by atoms with E-state index >= 15 is 0 Å². The predicted octanol–water partition coefficient (Wildman–Crippen LogP) is 1.99. The average molecular weight is 302 g/mol. The Hall–Kier alpha value is -2.08. The van der Waals surface area contributed by atoms with E-state index in [0.29, 0.717) is 30.6 Å². The van der Waals surface area contributed by atoms with Crippen LogP contribution in [0, 0.1) is 5.95 Å². The summed E-state index contributed by atoms with van der Waals surface area (Å²) in [5, 5.41) is 0. The SMILES string of the molecule is CC(C)c1nc2c(c(=O)[nH]1)CN(Cc1cccnc1F)CC2. The maximum absolute atomic E-state index is 13.6. The molecule has 0 amide bonds. The minimum Gasteiger partial charge on any atom is -0.310 e. The second-order valence-electron chi connectivity index (χ2n) is 5.95. The lowest BCUT2D eigenvalue weighted by Crippen LogP contribution is -2.36. The molecule has 5 nitrogen and oxygen atoms in total. The summed E-state index contributed by atoms with van der Waals surface area (Å²) >= 11 is 0. The van der Waals surface area contributed by atoms with E-state index in [2.05, 4.69) is 15.0 Å². The first-order valence-corrected chi connectivity index (χ1v) is 7.48.